The number of hydrogen-bond acceptors (Lipinski definition) is 2. The molecule has 84 valence electrons. The Kier molecular flexibility index (Phi) is 5.47. The third-order valence-corrected chi connectivity index (χ3v) is 2.15. The molecule has 2 aromatic rings. The monoisotopic (exact) mass is 254 g/mol. The van der Waals surface area contributed by atoms with Gasteiger partial charge in [-0.2, -0.15) is 30.3 Å². The van der Waals surface area contributed by atoms with Crippen LogP contribution in [0.5, 0.6) is 0 Å². The van der Waals surface area contributed by atoms with Gasteiger partial charge in [0.05, 0.1) is 0 Å². The van der Waals surface area contributed by atoms with Crippen LogP contribution < -0.4 is 10.4 Å². The van der Waals surface area contributed by atoms with E-state index in [0.717, 1.165) is 6.54 Å². The number of hydrogen-bond donors (Lipinski definition) is 1. The van der Waals surface area contributed by atoms with Gasteiger partial charge in [0.2, 0.25) is 0 Å². The molecule has 0 fully saturated rings. The van der Waals surface area contributed by atoms with Crippen LogP contribution in [0.1, 0.15) is 0 Å². The van der Waals surface area contributed by atoms with Gasteiger partial charge in [-0.25, -0.2) is 24.3 Å². The number of nitrogens with zero attached hydrogens (tertiary/aromatic N) is 1. The summed E-state index contributed by atoms with van der Waals surface area (Å²) in [6.07, 6.45) is 4.04. The van der Waals surface area contributed by atoms with E-state index in [-0.39, 0.29) is 17.1 Å². The second kappa shape index (κ2) is 6.94. The Morgan fingerprint density at radius 2 is 1.75 bits per heavy atom. The van der Waals surface area contributed by atoms with Gasteiger partial charge in [0.15, 0.2) is 0 Å². The van der Waals surface area contributed by atoms with Crippen molar-refractivity contribution in [3.05, 3.63) is 66.9 Å². The van der Waals surface area contributed by atoms with Gasteiger partial charge in [-0.15, -0.1) is 0 Å². The predicted octanol–water partition coefficient (Wildman–Crippen LogP) is 2.65. The summed E-state index contributed by atoms with van der Waals surface area (Å²) >= 11 is 0. The van der Waals surface area contributed by atoms with Crippen molar-refractivity contribution >= 4 is 5.69 Å². The Hall–Kier alpha value is -1.44. The first-order valence-corrected chi connectivity index (χ1v) is 5.04. The third-order valence-electron chi connectivity index (χ3n) is 2.15. The normalized spacial score (nSPS) is 12.4. The molecule has 0 spiro atoms. The first-order chi connectivity index (χ1) is 7.47. The molecular formula is C13H14FeN2. The summed E-state index contributed by atoms with van der Waals surface area (Å²) in [4.78, 5) is 0. The summed E-state index contributed by atoms with van der Waals surface area (Å²) < 4.78 is 0. The molecule has 16 heavy (non-hydrogen) atoms. The van der Waals surface area contributed by atoms with Crippen LogP contribution in [0.3, 0.4) is 0 Å². The first kappa shape index (κ1) is 12.6. The minimum absolute atomic E-state index is 0. The molecule has 3 rings (SSSR count). The predicted molar refractivity (Wildman–Crippen MR) is 63.7 cm³/mol. The van der Waals surface area contributed by atoms with E-state index in [1.165, 1.54) is 5.69 Å². The zero-order valence-electron chi connectivity index (χ0n) is 8.86. The molecule has 1 heterocycles. The Morgan fingerprint density at radius 3 is 2.19 bits per heavy atom. The topological polar surface area (TPSA) is 15.3 Å². The molecule has 0 unspecified atom stereocenters. The fourth-order valence-electron chi connectivity index (χ4n) is 1.40. The quantitative estimate of drug-likeness (QED) is 0.621. The van der Waals surface area contributed by atoms with Gasteiger partial charge >= 0.3 is 17.1 Å². The molecule has 0 radical (unpaired) electrons. The zero-order valence-corrected chi connectivity index (χ0v) is 9.96. The second-order valence-electron chi connectivity index (χ2n) is 3.25. The standard InChI is InChI=1S/C8H9N2.C5H5.Fe/c1-2-5-8(4-1)10-7-3-6-9-10;1-2-4-5-3-1;/h1-6,9H,7H2;1-5H;/q2*-1;+2. The molecule has 0 atom stereocenters. The van der Waals surface area contributed by atoms with Crippen molar-refractivity contribution in [3.63, 3.8) is 0 Å². The zero-order chi connectivity index (χ0) is 10.3. The van der Waals surface area contributed by atoms with Crippen molar-refractivity contribution in [1.82, 2.24) is 5.43 Å². The van der Waals surface area contributed by atoms with Gasteiger partial charge < -0.3 is 10.4 Å². The molecule has 1 aliphatic rings. The van der Waals surface area contributed by atoms with E-state index in [9.17, 15) is 0 Å². The van der Waals surface area contributed by atoms with Crippen molar-refractivity contribution in [2.24, 2.45) is 0 Å². The van der Waals surface area contributed by atoms with E-state index in [0.29, 0.717) is 0 Å². The average Bonchev–Trinajstić information content (AvgIpc) is 3.06. The summed E-state index contributed by atoms with van der Waals surface area (Å²) in [6.45, 7) is 0.962. The van der Waals surface area contributed by atoms with Gasteiger partial charge in [0, 0.05) is 12.7 Å². The average molecular weight is 254 g/mol. The fourth-order valence-corrected chi connectivity index (χ4v) is 1.40. The van der Waals surface area contributed by atoms with Crippen LogP contribution in [0.4, 0.5) is 5.69 Å². The van der Waals surface area contributed by atoms with Crippen LogP contribution in [0.2, 0.25) is 0 Å². The van der Waals surface area contributed by atoms with Crippen molar-refractivity contribution in [2.45, 2.75) is 0 Å². The maximum atomic E-state index is 3.11. The van der Waals surface area contributed by atoms with E-state index in [1.54, 1.807) is 0 Å². The molecule has 2 nitrogen and oxygen atoms in total. The van der Waals surface area contributed by atoms with Crippen molar-refractivity contribution in [1.29, 1.82) is 0 Å². The van der Waals surface area contributed by atoms with Crippen LogP contribution in [0.15, 0.2) is 66.9 Å². The number of anilines is 1. The van der Waals surface area contributed by atoms with Crippen molar-refractivity contribution in [3.8, 4) is 0 Å². The molecule has 0 aromatic heterocycles. The third kappa shape index (κ3) is 3.61. The molecule has 1 aliphatic heterocycles. The van der Waals surface area contributed by atoms with Crippen molar-refractivity contribution in [2.75, 3.05) is 11.6 Å². The van der Waals surface area contributed by atoms with Crippen LogP contribution in [-0.2, 0) is 17.1 Å². The number of rotatable bonds is 1. The van der Waals surface area contributed by atoms with Crippen LogP contribution in [-0.4, -0.2) is 6.54 Å². The molecule has 3 heteroatoms. The summed E-state index contributed by atoms with van der Waals surface area (Å²) in [7, 11) is 0. The van der Waals surface area contributed by atoms with Gasteiger partial charge in [-0.1, -0.05) is 5.69 Å². The Bertz CT molecular complexity index is 351. The van der Waals surface area contributed by atoms with E-state index in [4.69, 9.17) is 0 Å². The number of nitrogens with one attached hydrogen (secondary N) is 1. The Labute approximate surface area is 107 Å². The largest absolute Gasteiger partial charge is 2.00 e. The van der Waals surface area contributed by atoms with Crippen molar-refractivity contribution < 1.29 is 17.1 Å². The molecule has 0 saturated carbocycles. The SMILES string of the molecule is C1=CNN([c-]2cccc2)C1.[Fe+2].c1cc[cH-]c1. The van der Waals surface area contributed by atoms with Gasteiger partial charge in [0.1, 0.15) is 0 Å². The Balaban J connectivity index is 0.000000183. The summed E-state index contributed by atoms with van der Waals surface area (Å²) in [6, 6.07) is 18.2. The van der Waals surface area contributed by atoms with E-state index < -0.39 is 0 Å². The molecule has 0 amide bonds. The molecular weight excluding hydrogens is 240 g/mol. The molecule has 0 bridgehead atoms. The van der Waals surface area contributed by atoms with Crippen LogP contribution in [0, 0.1) is 0 Å². The van der Waals surface area contributed by atoms with E-state index in [2.05, 4.69) is 28.6 Å². The Morgan fingerprint density at radius 1 is 1.06 bits per heavy atom. The second-order valence-corrected chi connectivity index (χ2v) is 3.25. The maximum absolute atomic E-state index is 3.11. The van der Waals surface area contributed by atoms with Gasteiger partial charge in [-0.05, 0) is 6.08 Å². The summed E-state index contributed by atoms with van der Waals surface area (Å²) in [5.74, 6) is 0. The maximum Gasteiger partial charge on any atom is 2.00 e. The van der Waals surface area contributed by atoms with E-state index >= 15 is 0 Å². The fraction of sp³-hybridized carbons (Fsp3) is 0.0769. The smallest absolute Gasteiger partial charge is 0.338 e. The van der Waals surface area contributed by atoms with Gasteiger partial charge in [0.25, 0.3) is 0 Å². The first-order valence-electron chi connectivity index (χ1n) is 5.04. The van der Waals surface area contributed by atoms with Crippen LogP contribution in [0.25, 0.3) is 0 Å². The number of hydrazine groups is 1. The summed E-state index contributed by atoms with van der Waals surface area (Å²) in [5, 5.41) is 2.08. The van der Waals surface area contributed by atoms with Crippen LogP contribution >= 0.6 is 0 Å². The summed E-state index contributed by atoms with van der Waals surface area (Å²) in [5.41, 5.74) is 4.34. The minimum Gasteiger partial charge on any atom is -0.338 e. The molecule has 2 aromatic carbocycles. The van der Waals surface area contributed by atoms with Gasteiger partial charge in [-0.3, -0.25) is 0 Å². The van der Waals surface area contributed by atoms with E-state index in [1.807, 2.05) is 48.7 Å². The molecule has 0 aliphatic carbocycles. The minimum atomic E-state index is 0. The molecule has 0 saturated heterocycles. The molecule has 1 N–H and O–H groups in total.